The van der Waals surface area contributed by atoms with Crippen molar-refractivity contribution in [3.05, 3.63) is 173 Å². The fraction of sp³-hybridized carbons (Fsp3) is 0.0851. The first-order valence-corrected chi connectivity index (χ1v) is 17.5. The van der Waals surface area contributed by atoms with Crippen molar-refractivity contribution in [2.75, 3.05) is 0 Å². The third kappa shape index (κ3) is 5.11. The van der Waals surface area contributed by atoms with Gasteiger partial charge < -0.3 is 9.13 Å². The third-order valence-electron chi connectivity index (χ3n) is 10.4. The number of aromatic nitrogens is 2. The van der Waals surface area contributed by atoms with Gasteiger partial charge in [-0.15, -0.1) is 0 Å². The molecule has 0 spiro atoms. The molecule has 0 aliphatic carbocycles. The predicted octanol–water partition coefficient (Wildman–Crippen LogP) is 13.7. The number of para-hydroxylation sites is 2. The second kappa shape index (κ2) is 12.0. The topological polar surface area (TPSA) is 14.2 Å². The van der Waals surface area contributed by atoms with E-state index < -0.39 is 11.7 Å². The van der Waals surface area contributed by atoms with E-state index in [0.717, 1.165) is 88.9 Å². The second-order valence-corrected chi connectivity index (χ2v) is 13.8. The molecule has 7 aromatic carbocycles. The normalized spacial score (nSPS) is 11.9. The second-order valence-electron chi connectivity index (χ2n) is 13.8. The quantitative estimate of drug-likeness (QED) is 0.163. The Labute approximate surface area is 304 Å². The van der Waals surface area contributed by atoms with Crippen LogP contribution in [0.5, 0.6) is 0 Å². The maximum atomic E-state index is 13.8. The summed E-state index contributed by atoms with van der Waals surface area (Å²) in [5.74, 6) is 0. The van der Waals surface area contributed by atoms with Crippen LogP contribution in [0.15, 0.2) is 140 Å². The molecular formula is C47H32F3N3. The third-order valence-corrected chi connectivity index (χ3v) is 10.4. The maximum absolute atomic E-state index is 13.8. The van der Waals surface area contributed by atoms with Crippen LogP contribution in [0.25, 0.3) is 82.1 Å². The van der Waals surface area contributed by atoms with Gasteiger partial charge in [0.05, 0.1) is 39.9 Å². The molecule has 0 bridgehead atoms. The lowest BCUT2D eigenvalue weighted by Crippen LogP contribution is -2.05. The number of nitrogens with zero attached hydrogens (tertiary/aromatic N) is 3. The average Bonchev–Trinajstić information content (AvgIpc) is 3.66. The Morgan fingerprint density at radius 3 is 1.68 bits per heavy atom. The van der Waals surface area contributed by atoms with E-state index in [1.54, 1.807) is 13.0 Å². The van der Waals surface area contributed by atoms with Crippen LogP contribution in [0.4, 0.5) is 18.9 Å². The highest BCUT2D eigenvalue weighted by Crippen LogP contribution is 2.46. The van der Waals surface area contributed by atoms with Crippen LogP contribution < -0.4 is 0 Å². The number of benzene rings is 7. The number of hydrogen-bond donors (Lipinski definition) is 0. The van der Waals surface area contributed by atoms with Crippen molar-refractivity contribution in [1.29, 1.82) is 0 Å². The van der Waals surface area contributed by atoms with Crippen LogP contribution in [-0.2, 0) is 6.18 Å². The molecule has 3 nitrogen and oxygen atoms in total. The highest BCUT2D eigenvalue weighted by Gasteiger charge is 2.31. The maximum Gasteiger partial charge on any atom is 0.416 e. The van der Waals surface area contributed by atoms with Crippen molar-refractivity contribution in [2.24, 2.45) is 0 Å². The summed E-state index contributed by atoms with van der Waals surface area (Å²) in [6, 6.07) is 45.3. The summed E-state index contributed by atoms with van der Waals surface area (Å²) in [5.41, 5.74) is 11.4. The molecule has 0 N–H and O–H groups in total. The minimum absolute atomic E-state index is 0.472. The summed E-state index contributed by atoms with van der Waals surface area (Å²) in [6.45, 7) is 14.4. The highest BCUT2D eigenvalue weighted by molar-refractivity contribution is 6.12. The standard InChI is InChI=1S/C47H32F3N3/c1-28-16-21-42-36(24-28)34-10-5-7-13-40(34)52(42)44-23-18-31(33-20-19-32(26-30(33)3)47(48,49)50)27-38(44)46-39(51-4)12-9-15-45(46)53-41-14-8-6-11-35(41)37-25-29(2)17-22-43(37)53/h5-27H,1-3H3. The Balaban J connectivity index is 1.42. The average molecular weight is 696 g/mol. The molecule has 0 fully saturated rings. The Morgan fingerprint density at radius 2 is 1.09 bits per heavy atom. The molecular weight excluding hydrogens is 664 g/mol. The first-order valence-electron chi connectivity index (χ1n) is 17.5. The largest absolute Gasteiger partial charge is 0.416 e. The van der Waals surface area contributed by atoms with E-state index in [0.29, 0.717) is 16.8 Å². The molecule has 0 saturated carbocycles. The van der Waals surface area contributed by atoms with Gasteiger partial charge in [-0.05, 0) is 110 Å². The Morgan fingerprint density at radius 1 is 0.509 bits per heavy atom. The van der Waals surface area contributed by atoms with Gasteiger partial charge in [-0.3, -0.25) is 0 Å². The first-order chi connectivity index (χ1) is 25.6. The lowest BCUT2D eigenvalue weighted by Gasteiger charge is -2.21. The van der Waals surface area contributed by atoms with E-state index in [9.17, 15) is 13.2 Å². The fourth-order valence-corrected chi connectivity index (χ4v) is 8.04. The molecule has 0 atom stereocenters. The van der Waals surface area contributed by atoms with Crippen molar-refractivity contribution in [3.63, 3.8) is 0 Å². The molecule has 0 unspecified atom stereocenters. The lowest BCUT2D eigenvalue weighted by molar-refractivity contribution is -0.137. The van der Waals surface area contributed by atoms with Crippen molar-refractivity contribution in [2.45, 2.75) is 26.9 Å². The molecule has 2 heterocycles. The van der Waals surface area contributed by atoms with Crippen LogP contribution in [0.3, 0.4) is 0 Å². The predicted molar refractivity (Wildman–Crippen MR) is 211 cm³/mol. The van der Waals surface area contributed by atoms with E-state index in [1.807, 2.05) is 54.6 Å². The number of hydrogen-bond acceptors (Lipinski definition) is 0. The summed E-state index contributed by atoms with van der Waals surface area (Å²) in [6.07, 6.45) is -4.45. The van der Waals surface area contributed by atoms with Crippen LogP contribution >= 0.6 is 0 Å². The number of aryl methyl sites for hydroxylation is 3. The van der Waals surface area contributed by atoms with E-state index in [4.69, 9.17) is 6.57 Å². The van der Waals surface area contributed by atoms with Crippen LogP contribution in [0, 0.1) is 27.3 Å². The van der Waals surface area contributed by atoms with Gasteiger partial charge in [0, 0.05) is 32.8 Å². The van der Waals surface area contributed by atoms with Gasteiger partial charge in [-0.25, -0.2) is 4.85 Å². The summed E-state index contributed by atoms with van der Waals surface area (Å²) >= 11 is 0. The molecule has 9 aromatic rings. The zero-order valence-corrected chi connectivity index (χ0v) is 29.3. The molecule has 53 heavy (non-hydrogen) atoms. The Hall–Kier alpha value is -6.58. The van der Waals surface area contributed by atoms with Gasteiger partial charge in [0.2, 0.25) is 0 Å². The van der Waals surface area contributed by atoms with Gasteiger partial charge in [0.15, 0.2) is 5.69 Å². The van der Waals surface area contributed by atoms with Crippen molar-refractivity contribution < 1.29 is 13.2 Å². The van der Waals surface area contributed by atoms with Gasteiger partial charge >= 0.3 is 6.18 Å². The Bertz CT molecular complexity index is 2990. The molecule has 0 amide bonds. The number of rotatable bonds is 4. The van der Waals surface area contributed by atoms with Crippen molar-refractivity contribution in [1.82, 2.24) is 9.13 Å². The minimum atomic E-state index is -4.45. The summed E-state index contributed by atoms with van der Waals surface area (Å²) in [4.78, 5) is 4.11. The molecule has 0 radical (unpaired) electrons. The molecule has 2 aromatic heterocycles. The van der Waals surface area contributed by atoms with Crippen LogP contribution in [-0.4, -0.2) is 9.13 Å². The molecule has 0 saturated heterocycles. The number of alkyl halides is 3. The van der Waals surface area contributed by atoms with E-state index in [-0.39, 0.29) is 0 Å². The van der Waals surface area contributed by atoms with Crippen LogP contribution in [0.1, 0.15) is 22.3 Å². The minimum Gasteiger partial charge on any atom is -0.310 e. The van der Waals surface area contributed by atoms with Gasteiger partial charge in [-0.1, -0.05) is 83.9 Å². The SMILES string of the molecule is [C-]#[N+]c1cccc(-n2c3ccccc3c3cc(C)ccc32)c1-c1cc(-c2ccc(C(F)(F)F)cc2C)ccc1-n1c2ccccc2c2cc(C)ccc21. The zero-order chi connectivity index (χ0) is 36.6. The number of fused-ring (bicyclic) bond motifs is 6. The highest BCUT2D eigenvalue weighted by atomic mass is 19.4. The van der Waals surface area contributed by atoms with Gasteiger partial charge in [0.1, 0.15) is 0 Å². The molecule has 0 aliphatic rings. The number of halogens is 3. The van der Waals surface area contributed by atoms with E-state index >= 15 is 0 Å². The summed E-state index contributed by atoms with van der Waals surface area (Å²) in [7, 11) is 0. The van der Waals surface area contributed by atoms with Crippen molar-refractivity contribution in [3.8, 4) is 33.6 Å². The molecule has 0 aliphatic heterocycles. The first kappa shape index (κ1) is 32.3. The summed E-state index contributed by atoms with van der Waals surface area (Å²) < 4.78 is 45.7. The van der Waals surface area contributed by atoms with Crippen molar-refractivity contribution >= 4 is 49.3 Å². The van der Waals surface area contributed by atoms with Gasteiger partial charge in [-0.2, -0.15) is 13.2 Å². The molecule has 256 valence electrons. The van der Waals surface area contributed by atoms with E-state index in [1.165, 1.54) is 6.07 Å². The monoisotopic (exact) mass is 695 g/mol. The van der Waals surface area contributed by atoms with Crippen LogP contribution in [0.2, 0.25) is 0 Å². The lowest BCUT2D eigenvalue weighted by atomic mass is 9.92. The Kier molecular flexibility index (Phi) is 7.32. The van der Waals surface area contributed by atoms with Gasteiger partial charge in [0.25, 0.3) is 0 Å². The van der Waals surface area contributed by atoms with E-state index in [2.05, 4.69) is 94.6 Å². The molecule has 9 rings (SSSR count). The zero-order valence-electron chi connectivity index (χ0n) is 29.3. The smallest absolute Gasteiger partial charge is 0.310 e. The molecule has 6 heteroatoms. The summed E-state index contributed by atoms with van der Waals surface area (Å²) in [5, 5.41) is 4.45. The fourth-order valence-electron chi connectivity index (χ4n) is 8.04.